The van der Waals surface area contributed by atoms with Gasteiger partial charge < -0.3 is 4.74 Å². The summed E-state index contributed by atoms with van der Waals surface area (Å²) in [4.78, 5) is 24.7. The van der Waals surface area contributed by atoms with Gasteiger partial charge in [0.25, 0.3) is 0 Å². The fourth-order valence-electron chi connectivity index (χ4n) is 4.46. The van der Waals surface area contributed by atoms with E-state index >= 15 is 0 Å². The zero-order chi connectivity index (χ0) is 25.6. The molecule has 0 fully saturated rings. The summed E-state index contributed by atoms with van der Waals surface area (Å²) >= 11 is 0. The molecule has 2 aromatic carbocycles. The van der Waals surface area contributed by atoms with Crippen LogP contribution in [0.3, 0.4) is 0 Å². The van der Waals surface area contributed by atoms with E-state index in [1.807, 2.05) is 62.4 Å². The third-order valence-electron chi connectivity index (χ3n) is 6.21. The first kappa shape index (κ1) is 29.2. The summed E-state index contributed by atoms with van der Waals surface area (Å²) in [5, 5.41) is 0. The van der Waals surface area contributed by atoms with Crippen molar-refractivity contribution in [3.8, 4) is 11.1 Å². The van der Waals surface area contributed by atoms with E-state index in [-0.39, 0.29) is 20.7 Å². The van der Waals surface area contributed by atoms with E-state index in [4.69, 9.17) is 4.74 Å². The molecule has 4 heteroatoms. The number of allylic oxidation sites excluding steroid dienone is 4. The lowest BCUT2D eigenvalue weighted by molar-refractivity contribution is -0.162. The molecule has 2 aliphatic carbocycles. The van der Waals surface area contributed by atoms with Crippen LogP contribution in [0.1, 0.15) is 41.5 Å². The number of carbonyl (C=O) groups excluding carboxylic acids is 2. The zero-order valence-corrected chi connectivity index (χ0v) is 23.7. The van der Waals surface area contributed by atoms with Crippen molar-refractivity contribution in [2.24, 2.45) is 22.7 Å². The number of hydrogen-bond acceptors (Lipinski definition) is 3. The van der Waals surface area contributed by atoms with Gasteiger partial charge in [0.05, 0.1) is 11.8 Å². The molecule has 36 heavy (non-hydrogen) atoms. The number of benzene rings is 2. The van der Waals surface area contributed by atoms with Crippen molar-refractivity contribution in [2.45, 2.75) is 41.5 Å². The first-order valence-corrected chi connectivity index (χ1v) is 12.1. The Balaban J connectivity index is 0.000000294. The van der Waals surface area contributed by atoms with E-state index in [0.717, 1.165) is 11.1 Å². The summed E-state index contributed by atoms with van der Waals surface area (Å²) in [7, 11) is 0. The highest BCUT2D eigenvalue weighted by molar-refractivity contribution is 6.92. The average molecular weight is 503 g/mol. The topological polar surface area (TPSA) is 43.4 Å². The van der Waals surface area contributed by atoms with E-state index in [1.54, 1.807) is 0 Å². The monoisotopic (exact) mass is 502 g/mol. The second-order valence-electron chi connectivity index (χ2n) is 10.6. The number of esters is 2. The van der Waals surface area contributed by atoms with Crippen LogP contribution in [0, 0.1) is 22.7 Å². The Hall–Kier alpha value is -3.03. The zero-order valence-electron chi connectivity index (χ0n) is 22.3. The van der Waals surface area contributed by atoms with E-state index in [2.05, 4.69) is 76.2 Å². The summed E-state index contributed by atoms with van der Waals surface area (Å²) in [5.41, 5.74) is 4.26. The fraction of sp³-hybridized carbons (Fsp3) is 0.312. The average Bonchev–Trinajstić information content (AvgIpc) is 2.79. The number of ether oxygens (including phenoxy) is 1. The summed E-state index contributed by atoms with van der Waals surface area (Å²) < 4.78 is 5.14. The molecule has 3 unspecified atom stereocenters. The van der Waals surface area contributed by atoms with Gasteiger partial charge in [-0.25, -0.2) is 0 Å². The van der Waals surface area contributed by atoms with Gasteiger partial charge in [0.2, 0.25) is 0 Å². The number of carbonyl (C=O) groups is 2. The number of hydrogen-bond donors (Lipinski definition) is 0. The molecule has 190 valence electrons. The highest BCUT2D eigenvalue weighted by Crippen LogP contribution is 2.33. The van der Waals surface area contributed by atoms with Crippen molar-refractivity contribution < 1.29 is 14.3 Å². The molecule has 0 saturated carbocycles. The van der Waals surface area contributed by atoms with Gasteiger partial charge in [0.15, 0.2) is 0 Å². The molecule has 0 N–H and O–H groups in total. The predicted molar refractivity (Wildman–Crippen MR) is 154 cm³/mol. The molecule has 4 rings (SSSR count). The van der Waals surface area contributed by atoms with Crippen molar-refractivity contribution >= 4 is 21.8 Å². The lowest BCUT2D eigenvalue weighted by atomic mass is 9.80. The Labute approximate surface area is 219 Å². The van der Waals surface area contributed by atoms with Crippen LogP contribution >= 0.6 is 9.90 Å². The number of rotatable bonds is 3. The minimum Gasteiger partial charge on any atom is -0.392 e. The Morgan fingerprint density at radius 2 is 0.972 bits per heavy atom. The maximum absolute atomic E-state index is 12.3. The van der Waals surface area contributed by atoms with Gasteiger partial charge in [0, 0.05) is 10.8 Å². The van der Waals surface area contributed by atoms with Crippen LogP contribution in [0.4, 0.5) is 0 Å². The molecule has 0 aliphatic heterocycles. The van der Waals surface area contributed by atoms with Crippen LogP contribution in [0.15, 0.2) is 108 Å². The van der Waals surface area contributed by atoms with E-state index in [0.29, 0.717) is 0 Å². The second-order valence-corrected chi connectivity index (χ2v) is 10.6. The van der Waals surface area contributed by atoms with Gasteiger partial charge in [-0.2, -0.15) is 9.90 Å². The van der Waals surface area contributed by atoms with E-state index in [1.165, 1.54) is 11.1 Å². The largest absolute Gasteiger partial charge is 0.392 e. The quantitative estimate of drug-likeness (QED) is 0.186. The van der Waals surface area contributed by atoms with Crippen LogP contribution in [-0.4, -0.2) is 11.9 Å². The third-order valence-corrected chi connectivity index (χ3v) is 6.21. The normalized spacial score (nSPS) is 21.1. The first-order chi connectivity index (χ1) is 16.5. The molecule has 0 radical (unpaired) electrons. The molecule has 3 atom stereocenters. The molecule has 3 nitrogen and oxygen atoms in total. The summed E-state index contributed by atoms with van der Waals surface area (Å²) in [6, 6.07) is 20.8. The Morgan fingerprint density at radius 3 is 1.28 bits per heavy atom. The van der Waals surface area contributed by atoms with Gasteiger partial charge >= 0.3 is 11.9 Å². The lowest BCUT2D eigenvalue weighted by Gasteiger charge is -2.27. The second kappa shape index (κ2) is 12.3. The minimum absolute atomic E-state index is 0. The molecular formula is C32H39O3P. The highest BCUT2D eigenvalue weighted by Gasteiger charge is 2.31. The molecule has 0 amide bonds. The molecule has 0 saturated heterocycles. The molecule has 2 aliphatic rings. The summed E-state index contributed by atoms with van der Waals surface area (Å²) in [6.45, 7) is 12.1. The summed E-state index contributed by atoms with van der Waals surface area (Å²) in [5.74, 6) is -1.94. The maximum atomic E-state index is 12.3. The van der Waals surface area contributed by atoms with Gasteiger partial charge in [0.1, 0.15) is 0 Å². The fourth-order valence-corrected chi connectivity index (χ4v) is 4.46. The van der Waals surface area contributed by atoms with Crippen LogP contribution in [0.2, 0.25) is 0 Å². The van der Waals surface area contributed by atoms with Crippen molar-refractivity contribution in [3.05, 3.63) is 108 Å². The van der Waals surface area contributed by atoms with Crippen molar-refractivity contribution in [1.82, 2.24) is 0 Å². The maximum Gasteiger partial charge on any atom is 0.324 e. The Kier molecular flexibility index (Phi) is 9.96. The lowest BCUT2D eigenvalue weighted by Crippen LogP contribution is -2.29. The van der Waals surface area contributed by atoms with Crippen LogP contribution in [0.5, 0.6) is 0 Å². The van der Waals surface area contributed by atoms with Crippen LogP contribution < -0.4 is 0 Å². The standard InChI is InChI=1S/C20H26O3.C12H10.H3P/c1-13-11-19(3,4)9-7-15(13)17(21)23-18(22)16-8-10-20(5,6)12-14(16)2;1-3-7-11(8-4-1)12-9-5-2-6-10-12;/h7-12,15-16H,1-6H3;1-10H;1H3. The van der Waals surface area contributed by atoms with E-state index in [9.17, 15) is 9.59 Å². The van der Waals surface area contributed by atoms with Crippen molar-refractivity contribution in [2.75, 3.05) is 0 Å². The summed E-state index contributed by atoms with van der Waals surface area (Å²) in [6.07, 6.45) is 11.7. The molecule has 0 heterocycles. The molecule has 0 aromatic heterocycles. The molecule has 0 bridgehead atoms. The first-order valence-electron chi connectivity index (χ1n) is 12.1. The van der Waals surface area contributed by atoms with E-state index < -0.39 is 23.8 Å². The molecular weight excluding hydrogens is 463 g/mol. The van der Waals surface area contributed by atoms with Crippen molar-refractivity contribution in [3.63, 3.8) is 0 Å². The van der Waals surface area contributed by atoms with Gasteiger partial charge in [-0.1, -0.05) is 136 Å². The Bertz CT molecular complexity index is 1070. The highest BCUT2D eigenvalue weighted by atomic mass is 31.0. The SMILES string of the molecule is CC1=CC(C)(C)C=CC1C(=O)OC(=O)C1C=CC(C)(C)C=C1C.P.c1ccc(-c2ccccc2)cc1. The van der Waals surface area contributed by atoms with Crippen molar-refractivity contribution in [1.29, 1.82) is 0 Å². The van der Waals surface area contributed by atoms with Gasteiger partial charge in [-0.15, -0.1) is 0 Å². The van der Waals surface area contributed by atoms with Crippen LogP contribution in [-0.2, 0) is 14.3 Å². The minimum atomic E-state index is -0.499. The van der Waals surface area contributed by atoms with Gasteiger partial charge in [-0.3, -0.25) is 9.59 Å². The third kappa shape index (κ3) is 8.00. The van der Waals surface area contributed by atoms with Gasteiger partial charge in [-0.05, 0) is 25.0 Å². The smallest absolute Gasteiger partial charge is 0.324 e. The molecule has 0 spiro atoms. The van der Waals surface area contributed by atoms with Crippen LogP contribution in [0.25, 0.3) is 11.1 Å². The predicted octanol–water partition coefficient (Wildman–Crippen LogP) is 7.78. The molecule has 2 aromatic rings. The Morgan fingerprint density at radius 1 is 0.639 bits per heavy atom.